The van der Waals surface area contributed by atoms with Gasteiger partial charge in [0.2, 0.25) is 5.91 Å². The van der Waals surface area contributed by atoms with E-state index in [1.165, 1.54) is 4.90 Å². The summed E-state index contributed by atoms with van der Waals surface area (Å²) in [4.78, 5) is 25.6. The van der Waals surface area contributed by atoms with Crippen LogP contribution in [-0.4, -0.2) is 36.0 Å². The molecule has 0 aromatic heterocycles. The summed E-state index contributed by atoms with van der Waals surface area (Å²) in [5.41, 5.74) is 2.99. The number of urea groups is 1. The molecule has 132 valence electrons. The first-order valence-corrected chi connectivity index (χ1v) is 8.01. The number of nitrogens with zero attached hydrogens (tertiary/aromatic N) is 1. The molecule has 6 heteroatoms. The minimum absolute atomic E-state index is 0.0356. The zero-order valence-corrected chi connectivity index (χ0v) is 14.5. The van der Waals surface area contributed by atoms with E-state index in [4.69, 9.17) is 0 Å². The number of hydrogen-bond donors (Lipinski definition) is 3. The van der Waals surface area contributed by atoms with Gasteiger partial charge in [0.05, 0.1) is 13.0 Å². The van der Waals surface area contributed by atoms with Crippen LogP contribution in [0.3, 0.4) is 0 Å². The first kappa shape index (κ1) is 18.5. The average Bonchev–Trinajstić information content (AvgIpc) is 2.61. The van der Waals surface area contributed by atoms with Gasteiger partial charge in [-0.2, -0.15) is 0 Å². The maximum Gasteiger partial charge on any atom is 0.319 e. The monoisotopic (exact) mass is 341 g/mol. The Balaban J connectivity index is 2.00. The van der Waals surface area contributed by atoms with E-state index in [1.807, 2.05) is 36.4 Å². The molecule has 0 unspecified atom stereocenters. The topological polar surface area (TPSA) is 81.7 Å². The number of anilines is 1. The van der Waals surface area contributed by atoms with Gasteiger partial charge in [-0.15, -0.1) is 0 Å². The second-order valence-electron chi connectivity index (χ2n) is 5.86. The van der Waals surface area contributed by atoms with Crippen molar-refractivity contribution in [3.05, 3.63) is 65.2 Å². The first-order chi connectivity index (χ1) is 12.0. The quantitative estimate of drug-likeness (QED) is 0.753. The first-order valence-electron chi connectivity index (χ1n) is 8.01. The summed E-state index contributed by atoms with van der Waals surface area (Å²) < 4.78 is 0. The zero-order valence-electron chi connectivity index (χ0n) is 14.5. The van der Waals surface area contributed by atoms with Crippen LogP contribution in [0.25, 0.3) is 0 Å². The number of carbonyl (C=O) groups is 2. The number of aliphatic hydroxyl groups is 1. The van der Waals surface area contributed by atoms with Crippen molar-refractivity contribution >= 4 is 17.6 Å². The van der Waals surface area contributed by atoms with Crippen molar-refractivity contribution in [2.24, 2.45) is 0 Å². The molecule has 0 atom stereocenters. The number of nitrogens with one attached hydrogen (secondary N) is 2. The fourth-order valence-electron chi connectivity index (χ4n) is 2.34. The Hall–Kier alpha value is -2.86. The van der Waals surface area contributed by atoms with E-state index in [-0.39, 0.29) is 25.0 Å². The molecule has 0 aliphatic rings. The third kappa shape index (κ3) is 5.32. The van der Waals surface area contributed by atoms with Crippen LogP contribution in [0.4, 0.5) is 10.5 Å². The lowest BCUT2D eigenvalue weighted by molar-refractivity contribution is -0.127. The Labute approximate surface area is 147 Å². The van der Waals surface area contributed by atoms with Crippen molar-refractivity contribution in [2.45, 2.75) is 19.6 Å². The van der Waals surface area contributed by atoms with E-state index >= 15 is 0 Å². The minimum Gasteiger partial charge on any atom is -0.392 e. The van der Waals surface area contributed by atoms with Gasteiger partial charge in [-0.05, 0) is 22.8 Å². The Kier molecular flexibility index (Phi) is 6.54. The number of carbonyl (C=O) groups excluding carboxylic acids is 2. The predicted molar refractivity (Wildman–Crippen MR) is 97.1 cm³/mol. The van der Waals surface area contributed by atoms with Crippen molar-refractivity contribution in [2.75, 3.05) is 19.4 Å². The van der Waals surface area contributed by atoms with Gasteiger partial charge in [-0.1, -0.05) is 42.5 Å². The van der Waals surface area contributed by atoms with E-state index in [0.717, 1.165) is 16.7 Å². The van der Waals surface area contributed by atoms with Gasteiger partial charge in [0.25, 0.3) is 0 Å². The minimum atomic E-state index is -0.363. The normalized spacial score (nSPS) is 10.2. The number of hydrogen-bond acceptors (Lipinski definition) is 3. The van der Waals surface area contributed by atoms with E-state index in [2.05, 4.69) is 10.6 Å². The summed E-state index contributed by atoms with van der Waals surface area (Å²) in [7, 11) is 3.40. The van der Waals surface area contributed by atoms with Gasteiger partial charge in [0.15, 0.2) is 0 Å². The summed E-state index contributed by atoms with van der Waals surface area (Å²) in [5, 5.41) is 14.9. The lowest BCUT2D eigenvalue weighted by Crippen LogP contribution is -2.29. The maximum absolute atomic E-state index is 12.2. The Bertz CT molecular complexity index is 744. The average molecular weight is 341 g/mol. The van der Waals surface area contributed by atoms with Crippen LogP contribution in [0.15, 0.2) is 48.5 Å². The molecule has 6 nitrogen and oxygen atoms in total. The number of benzene rings is 2. The highest BCUT2D eigenvalue weighted by Crippen LogP contribution is 2.16. The molecule has 2 aromatic rings. The molecule has 0 heterocycles. The molecule has 2 aromatic carbocycles. The number of aliphatic hydroxyl groups excluding tert-OH is 1. The Morgan fingerprint density at radius 3 is 2.20 bits per heavy atom. The molecule has 0 fully saturated rings. The van der Waals surface area contributed by atoms with Gasteiger partial charge in [-0.3, -0.25) is 4.79 Å². The summed E-state index contributed by atoms with van der Waals surface area (Å²) >= 11 is 0. The van der Waals surface area contributed by atoms with Gasteiger partial charge in [0, 0.05) is 26.3 Å². The van der Waals surface area contributed by atoms with Crippen molar-refractivity contribution in [1.29, 1.82) is 0 Å². The summed E-state index contributed by atoms with van der Waals surface area (Å²) in [6, 6.07) is 14.2. The predicted octanol–water partition coefficient (Wildman–Crippen LogP) is 2.13. The molecule has 25 heavy (non-hydrogen) atoms. The van der Waals surface area contributed by atoms with Crippen LogP contribution >= 0.6 is 0 Å². The Morgan fingerprint density at radius 1 is 0.960 bits per heavy atom. The highest BCUT2D eigenvalue weighted by Gasteiger charge is 2.11. The molecule has 2 rings (SSSR count). The zero-order chi connectivity index (χ0) is 18.2. The van der Waals surface area contributed by atoms with Crippen LogP contribution in [0, 0.1) is 0 Å². The van der Waals surface area contributed by atoms with Crippen LogP contribution in [0.1, 0.15) is 16.7 Å². The molecular formula is C19H23N3O3. The highest BCUT2D eigenvalue weighted by molar-refractivity contribution is 5.91. The van der Waals surface area contributed by atoms with Crippen molar-refractivity contribution < 1.29 is 14.7 Å². The highest BCUT2D eigenvalue weighted by atomic mass is 16.3. The molecule has 0 saturated carbocycles. The number of rotatable bonds is 6. The van der Waals surface area contributed by atoms with Crippen LogP contribution in [0.2, 0.25) is 0 Å². The molecule has 3 amide bonds. The fourth-order valence-corrected chi connectivity index (χ4v) is 2.34. The third-order valence-electron chi connectivity index (χ3n) is 3.83. The number of para-hydroxylation sites is 1. The molecule has 3 N–H and O–H groups in total. The standard InChI is InChI=1S/C19H23N3O3/c1-22(2)18(24)11-14-7-5-6-10-17(14)21-19(25)20-12-15-8-3-4-9-16(15)13-23/h3-10,23H,11-13H2,1-2H3,(H2,20,21,25). The molecule has 0 aliphatic heterocycles. The summed E-state index contributed by atoms with van der Waals surface area (Å²) in [6.45, 7) is 0.232. The maximum atomic E-state index is 12.2. The van der Waals surface area contributed by atoms with Gasteiger partial charge in [-0.25, -0.2) is 4.79 Å². The van der Waals surface area contributed by atoms with Gasteiger partial charge >= 0.3 is 6.03 Å². The van der Waals surface area contributed by atoms with Crippen molar-refractivity contribution in [3.8, 4) is 0 Å². The van der Waals surface area contributed by atoms with Crippen molar-refractivity contribution in [1.82, 2.24) is 10.2 Å². The van der Waals surface area contributed by atoms with E-state index in [9.17, 15) is 14.7 Å². The smallest absolute Gasteiger partial charge is 0.319 e. The van der Waals surface area contributed by atoms with Crippen LogP contribution in [0.5, 0.6) is 0 Å². The second kappa shape index (κ2) is 8.84. The molecule has 0 aliphatic carbocycles. The van der Waals surface area contributed by atoms with Gasteiger partial charge < -0.3 is 20.6 Å². The van der Waals surface area contributed by atoms with Crippen LogP contribution in [-0.2, 0) is 24.4 Å². The largest absolute Gasteiger partial charge is 0.392 e. The third-order valence-corrected chi connectivity index (χ3v) is 3.83. The molecule has 0 bridgehead atoms. The van der Waals surface area contributed by atoms with E-state index in [1.54, 1.807) is 26.2 Å². The van der Waals surface area contributed by atoms with Gasteiger partial charge in [0.1, 0.15) is 0 Å². The molecular weight excluding hydrogens is 318 g/mol. The van der Waals surface area contributed by atoms with E-state index in [0.29, 0.717) is 12.2 Å². The molecule has 0 spiro atoms. The lowest BCUT2D eigenvalue weighted by Gasteiger charge is -2.15. The summed E-state index contributed by atoms with van der Waals surface area (Å²) in [5.74, 6) is -0.0356. The second-order valence-corrected chi connectivity index (χ2v) is 5.86. The number of amides is 3. The summed E-state index contributed by atoms with van der Waals surface area (Å²) in [6.07, 6.45) is 0.219. The number of likely N-dealkylation sites (N-methyl/N-ethyl adjacent to an activating group) is 1. The van der Waals surface area contributed by atoms with E-state index < -0.39 is 0 Å². The molecule has 0 radical (unpaired) electrons. The van der Waals surface area contributed by atoms with Crippen molar-refractivity contribution in [3.63, 3.8) is 0 Å². The fraction of sp³-hybridized carbons (Fsp3) is 0.263. The Morgan fingerprint density at radius 2 is 1.56 bits per heavy atom. The molecule has 0 saturated heterocycles. The SMILES string of the molecule is CN(C)C(=O)Cc1ccccc1NC(=O)NCc1ccccc1CO. The lowest BCUT2D eigenvalue weighted by atomic mass is 10.1. The van der Waals surface area contributed by atoms with Crippen LogP contribution < -0.4 is 10.6 Å².